The molecule has 0 saturated carbocycles. The maximum absolute atomic E-state index is 14.8. The Hall–Kier alpha value is -2.37. The number of hydrogen-bond donors (Lipinski definition) is 1. The first-order valence-corrected chi connectivity index (χ1v) is 9.93. The molecule has 0 saturated heterocycles. The number of esters is 1. The lowest BCUT2D eigenvalue weighted by atomic mass is 9.92. The van der Waals surface area contributed by atoms with Crippen LogP contribution in [0.15, 0.2) is 43.0 Å². The fourth-order valence-electron chi connectivity index (χ4n) is 3.26. The van der Waals surface area contributed by atoms with E-state index in [1.54, 1.807) is 26.0 Å². The molecule has 1 atom stereocenters. The van der Waals surface area contributed by atoms with Crippen LogP contribution in [-0.4, -0.2) is 19.2 Å². The Morgan fingerprint density at radius 1 is 1.27 bits per heavy atom. The second-order valence-electron chi connectivity index (χ2n) is 7.04. The van der Waals surface area contributed by atoms with Gasteiger partial charge in [-0.15, -0.1) is 19.0 Å². The highest BCUT2D eigenvalue weighted by Crippen LogP contribution is 2.36. The van der Waals surface area contributed by atoms with Crippen LogP contribution >= 0.6 is 12.4 Å². The molecule has 0 heterocycles. The molecule has 30 heavy (non-hydrogen) atoms. The summed E-state index contributed by atoms with van der Waals surface area (Å²) in [7, 11) is 0. The molecule has 0 fully saturated rings. The average molecular weight is 436 g/mol. The molecule has 0 bridgehead atoms. The summed E-state index contributed by atoms with van der Waals surface area (Å²) >= 11 is 0. The summed E-state index contributed by atoms with van der Waals surface area (Å²) in [6.07, 6.45) is 3.53. The normalized spacial score (nSPS) is 11.4. The Kier molecular flexibility index (Phi) is 10.6. The fourth-order valence-corrected chi connectivity index (χ4v) is 3.26. The van der Waals surface area contributed by atoms with Crippen molar-refractivity contribution in [2.24, 2.45) is 5.73 Å². The molecule has 0 aliphatic heterocycles. The van der Waals surface area contributed by atoms with Gasteiger partial charge in [0.05, 0.1) is 19.6 Å². The standard InChI is InChI=1S/C24H30FNO3.ClH/c1-5-7-8-12-29-21-11-9-10-16(3)23(21)18-13-17(4)24(25)19(14-18)20(26)15-22(27)28-6-2;/h5,9-11,13-14,20H,1,6-8,12,15,26H2,2-4H3;1H/t20-;/m0./s1. The van der Waals surface area contributed by atoms with Crippen LogP contribution in [0, 0.1) is 19.7 Å². The highest BCUT2D eigenvalue weighted by atomic mass is 35.5. The van der Waals surface area contributed by atoms with E-state index >= 15 is 0 Å². The molecule has 2 aromatic carbocycles. The first-order valence-electron chi connectivity index (χ1n) is 9.93. The van der Waals surface area contributed by atoms with E-state index in [0.29, 0.717) is 17.7 Å². The van der Waals surface area contributed by atoms with E-state index in [1.165, 1.54) is 0 Å². The maximum Gasteiger partial charge on any atom is 0.307 e. The van der Waals surface area contributed by atoms with Crippen LogP contribution in [0.1, 0.15) is 48.9 Å². The monoisotopic (exact) mass is 435 g/mol. The van der Waals surface area contributed by atoms with Gasteiger partial charge in [0, 0.05) is 17.2 Å². The molecule has 2 N–H and O–H groups in total. The van der Waals surface area contributed by atoms with Crippen molar-refractivity contribution < 1.29 is 18.7 Å². The van der Waals surface area contributed by atoms with Gasteiger partial charge in [0.2, 0.25) is 0 Å². The van der Waals surface area contributed by atoms with Crippen molar-refractivity contribution in [1.82, 2.24) is 0 Å². The molecule has 2 aromatic rings. The second kappa shape index (κ2) is 12.4. The highest BCUT2D eigenvalue weighted by molar-refractivity contribution is 5.85. The number of rotatable bonds is 10. The van der Waals surface area contributed by atoms with E-state index < -0.39 is 17.8 Å². The number of carbonyl (C=O) groups is 1. The van der Waals surface area contributed by atoms with Gasteiger partial charge in [0.1, 0.15) is 11.6 Å². The van der Waals surface area contributed by atoms with Crippen molar-refractivity contribution in [2.45, 2.75) is 46.1 Å². The number of nitrogens with two attached hydrogens (primary N) is 1. The van der Waals surface area contributed by atoms with Crippen LogP contribution in [0.25, 0.3) is 11.1 Å². The summed E-state index contributed by atoms with van der Waals surface area (Å²) in [4.78, 5) is 11.8. The van der Waals surface area contributed by atoms with Gasteiger partial charge in [0.25, 0.3) is 0 Å². The minimum Gasteiger partial charge on any atom is -0.493 e. The smallest absolute Gasteiger partial charge is 0.307 e. The topological polar surface area (TPSA) is 61.5 Å². The lowest BCUT2D eigenvalue weighted by molar-refractivity contribution is -0.143. The zero-order chi connectivity index (χ0) is 21.4. The molecule has 0 amide bonds. The lowest BCUT2D eigenvalue weighted by Crippen LogP contribution is -2.19. The molecule has 4 nitrogen and oxygen atoms in total. The van der Waals surface area contributed by atoms with Gasteiger partial charge >= 0.3 is 5.97 Å². The molecule has 0 radical (unpaired) electrons. The van der Waals surface area contributed by atoms with E-state index in [1.807, 2.05) is 31.2 Å². The van der Waals surface area contributed by atoms with Gasteiger partial charge < -0.3 is 15.2 Å². The highest BCUT2D eigenvalue weighted by Gasteiger charge is 2.20. The number of allylic oxidation sites excluding steroid dienone is 1. The fraction of sp³-hybridized carbons (Fsp3) is 0.375. The van der Waals surface area contributed by atoms with Crippen LogP contribution in [0.3, 0.4) is 0 Å². The molecule has 2 rings (SSSR count). The minimum atomic E-state index is -0.784. The van der Waals surface area contributed by atoms with Gasteiger partial charge in [-0.3, -0.25) is 4.79 Å². The quantitative estimate of drug-likeness (QED) is 0.290. The third kappa shape index (κ3) is 6.57. The van der Waals surface area contributed by atoms with E-state index in [9.17, 15) is 9.18 Å². The number of benzene rings is 2. The van der Waals surface area contributed by atoms with Crippen molar-refractivity contribution in [3.63, 3.8) is 0 Å². The van der Waals surface area contributed by atoms with Crippen molar-refractivity contribution >= 4 is 18.4 Å². The summed E-state index contributed by atoms with van der Waals surface area (Å²) in [6, 6.07) is 8.55. The SMILES string of the molecule is C=CCCCOc1cccc(C)c1-c1cc(C)c(F)c([C@@H](N)CC(=O)OCC)c1.Cl. The molecule has 6 heteroatoms. The number of hydrogen-bond acceptors (Lipinski definition) is 4. The van der Waals surface area contributed by atoms with Crippen LogP contribution in [0.5, 0.6) is 5.75 Å². The summed E-state index contributed by atoms with van der Waals surface area (Å²) in [5, 5.41) is 0. The minimum absolute atomic E-state index is 0. The number of ether oxygens (including phenoxy) is 2. The van der Waals surface area contributed by atoms with Gasteiger partial charge in [-0.25, -0.2) is 4.39 Å². The summed E-state index contributed by atoms with van der Waals surface area (Å²) < 4.78 is 25.7. The van der Waals surface area contributed by atoms with E-state index in [4.69, 9.17) is 15.2 Å². The molecule has 0 spiro atoms. The van der Waals surface area contributed by atoms with Crippen LogP contribution in [0.2, 0.25) is 0 Å². The first kappa shape index (κ1) is 25.7. The first-order chi connectivity index (χ1) is 13.9. The number of halogens is 2. The molecular formula is C24H31ClFNO3. The van der Waals surface area contributed by atoms with Crippen molar-refractivity contribution in [3.8, 4) is 16.9 Å². The van der Waals surface area contributed by atoms with Crippen molar-refractivity contribution in [3.05, 3.63) is 65.5 Å². The molecule has 164 valence electrons. The van der Waals surface area contributed by atoms with E-state index in [0.717, 1.165) is 35.3 Å². The van der Waals surface area contributed by atoms with E-state index in [2.05, 4.69) is 6.58 Å². The van der Waals surface area contributed by atoms with Crippen molar-refractivity contribution in [2.75, 3.05) is 13.2 Å². The predicted molar refractivity (Wildman–Crippen MR) is 122 cm³/mol. The zero-order valence-corrected chi connectivity index (χ0v) is 18.7. The molecular weight excluding hydrogens is 405 g/mol. The number of carbonyl (C=O) groups excluding carboxylic acids is 1. The van der Waals surface area contributed by atoms with Crippen molar-refractivity contribution in [1.29, 1.82) is 0 Å². The molecule has 0 aliphatic rings. The Labute approximate surface area is 184 Å². The third-order valence-electron chi connectivity index (χ3n) is 4.71. The van der Waals surface area contributed by atoms with Crippen LogP contribution in [-0.2, 0) is 9.53 Å². The summed E-state index contributed by atoms with van der Waals surface area (Å²) in [5.74, 6) is -0.0952. The summed E-state index contributed by atoms with van der Waals surface area (Å²) in [6.45, 7) is 9.97. The van der Waals surface area contributed by atoms with Gasteiger partial charge in [-0.2, -0.15) is 0 Å². The largest absolute Gasteiger partial charge is 0.493 e. The third-order valence-corrected chi connectivity index (χ3v) is 4.71. The Morgan fingerprint density at radius 3 is 2.67 bits per heavy atom. The number of unbranched alkanes of at least 4 members (excludes halogenated alkanes) is 1. The molecule has 0 unspecified atom stereocenters. The molecule has 0 aromatic heterocycles. The van der Waals surface area contributed by atoms with E-state index in [-0.39, 0.29) is 25.4 Å². The Morgan fingerprint density at radius 2 is 2.00 bits per heavy atom. The van der Waals surface area contributed by atoms with Gasteiger partial charge in [0.15, 0.2) is 0 Å². The van der Waals surface area contributed by atoms with Gasteiger partial charge in [-0.1, -0.05) is 18.2 Å². The lowest BCUT2D eigenvalue weighted by Gasteiger charge is -2.18. The molecule has 0 aliphatic carbocycles. The summed E-state index contributed by atoms with van der Waals surface area (Å²) in [5.41, 5.74) is 9.65. The Bertz CT molecular complexity index is 870. The number of aryl methyl sites for hydroxylation is 2. The zero-order valence-electron chi connectivity index (χ0n) is 17.9. The van der Waals surface area contributed by atoms with Gasteiger partial charge in [-0.05, 0) is 68.5 Å². The average Bonchev–Trinajstić information content (AvgIpc) is 2.67. The van der Waals surface area contributed by atoms with Crippen LogP contribution in [0.4, 0.5) is 4.39 Å². The Balaban J connectivity index is 0.00000450. The van der Waals surface area contributed by atoms with Crippen LogP contribution < -0.4 is 10.5 Å². The maximum atomic E-state index is 14.8. The second-order valence-corrected chi connectivity index (χ2v) is 7.04. The predicted octanol–water partition coefficient (Wildman–Crippen LogP) is 5.83.